The predicted octanol–water partition coefficient (Wildman–Crippen LogP) is 4.10. The third-order valence-corrected chi connectivity index (χ3v) is 7.24. The number of hydrogen-bond donors (Lipinski definition) is 1. The summed E-state index contributed by atoms with van der Waals surface area (Å²) in [6, 6.07) is 18.4. The second-order valence-corrected chi connectivity index (χ2v) is 10.3. The molecular formula is C27H32N2O6S. The van der Waals surface area contributed by atoms with Crippen molar-refractivity contribution in [3.05, 3.63) is 77.9 Å². The zero-order chi connectivity index (χ0) is 26.3. The smallest absolute Gasteiger partial charge is 0.264 e. The zero-order valence-corrected chi connectivity index (χ0v) is 22.0. The lowest BCUT2D eigenvalue weighted by atomic mass is 10.2. The van der Waals surface area contributed by atoms with E-state index in [1.165, 1.54) is 19.2 Å². The number of nitrogens with one attached hydrogen (secondary N) is 1. The Bertz CT molecular complexity index is 1270. The molecule has 0 saturated heterocycles. The lowest BCUT2D eigenvalue weighted by Crippen LogP contribution is -2.45. The van der Waals surface area contributed by atoms with E-state index in [4.69, 9.17) is 14.2 Å². The first-order valence-corrected chi connectivity index (χ1v) is 12.9. The fourth-order valence-electron chi connectivity index (χ4n) is 3.52. The Hall–Kier alpha value is -3.72. The standard InChI is InChI=1S/C27H32N2O6S/c1-19-6-13-24(14-7-19)36(31,32)29(25-16-20(2)8-15-26(25)34-5)17-27(30)28-21(3)18-35-23-11-9-22(33-4)10-12-23/h6-16,21H,17-18H2,1-5H3,(H,28,30). The van der Waals surface area contributed by atoms with Gasteiger partial charge in [-0.15, -0.1) is 0 Å². The van der Waals surface area contributed by atoms with Gasteiger partial charge in [0, 0.05) is 0 Å². The first kappa shape index (κ1) is 26.9. The Morgan fingerprint density at radius 1 is 0.889 bits per heavy atom. The van der Waals surface area contributed by atoms with Gasteiger partial charge in [0.1, 0.15) is 30.4 Å². The number of sulfonamides is 1. The highest BCUT2D eigenvalue weighted by atomic mass is 32.2. The summed E-state index contributed by atoms with van der Waals surface area (Å²) in [6.07, 6.45) is 0. The normalized spacial score (nSPS) is 11.9. The van der Waals surface area contributed by atoms with Crippen molar-refractivity contribution >= 4 is 21.6 Å². The van der Waals surface area contributed by atoms with Gasteiger partial charge in [-0.25, -0.2) is 8.42 Å². The minimum atomic E-state index is -4.06. The van der Waals surface area contributed by atoms with Crippen molar-refractivity contribution in [1.29, 1.82) is 0 Å². The van der Waals surface area contributed by atoms with Crippen LogP contribution in [-0.2, 0) is 14.8 Å². The molecule has 9 heteroatoms. The number of ether oxygens (including phenoxy) is 3. The molecule has 0 aliphatic rings. The van der Waals surface area contributed by atoms with Crippen LogP contribution in [0.25, 0.3) is 0 Å². The van der Waals surface area contributed by atoms with Gasteiger partial charge in [-0.2, -0.15) is 0 Å². The van der Waals surface area contributed by atoms with Crippen LogP contribution in [0.4, 0.5) is 5.69 Å². The molecule has 0 spiro atoms. The van der Waals surface area contributed by atoms with Crippen LogP contribution in [0.15, 0.2) is 71.6 Å². The van der Waals surface area contributed by atoms with Crippen molar-refractivity contribution in [1.82, 2.24) is 5.32 Å². The van der Waals surface area contributed by atoms with E-state index < -0.39 is 22.5 Å². The number of aryl methyl sites for hydroxylation is 2. The number of hydrogen-bond acceptors (Lipinski definition) is 6. The van der Waals surface area contributed by atoms with Crippen molar-refractivity contribution in [3.8, 4) is 17.2 Å². The third kappa shape index (κ3) is 6.69. The van der Waals surface area contributed by atoms with Crippen molar-refractivity contribution in [3.63, 3.8) is 0 Å². The molecule has 0 bridgehead atoms. The van der Waals surface area contributed by atoms with Crippen LogP contribution >= 0.6 is 0 Å². The molecule has 0 aliphatic heterocycles. The molecule has 0 saturated carbocycles. The predicted molar refractivity (Wildman–Crippen MR) is 140 cm³/mol. The highest BCUT2D eigenvalue weighted by Crippen LogP contribution is 2.33. The molecule has 3 rings (SSSR count). The van der Waals surface area contributed by atoms with Gasteiger partial charge in [-0.3, -0.25) is 9.10 Å². The van der Waals surface area contributed by atoms with E-state index >= 15 is 0 Å². The van der Waals surface area contributed by atoms with E-state index in [-0.39, 0.29) is 23.2 Å². The Kier molecular flexibility index (Phi) is 8.82. The van der Waals surface area contributed by atoms with Crippen molar-refractivity contribution in [2.45, 2.75) is 31.7 Å². The van der Waals surface area contributed by atoms with Crippen LogP contribution < -0.4 is 23.8 Å². The lowest BCUT2D eigenvalue weighted by molar-refractivity contribution is -0.120. The van der Waals surface area contributed by atoms with Crippen molar-refractivity contribution in [2.24, 2.45) is 0 Å². The molecule has 36 heavy (non-hydrogen) atoms. The Labute approximate surface area is 212 Å². The topological polar surface area (TPSA) is 94.2 Å². The van der Waals surface area contributed by atoms with E-state index in [0.29, 0.717) is 17.2 Å². The van der Waals surface area contributed by atoms with Gasteiger partial charge in [0.05, 0.1) is 30.8 Å². The first-order chi connectivity index (χ1) is 17.1. The summed E-state index contributed by atoms with van der Waals surface area (Å²) in [5, 5.41) is 2.82. The lowest BCUT2D eigenvalue weighted by Gasteiger charge is -2.27. The van der Waals surface area contributed by atoms with Crippen molar-refractivity contribution in [2.75, 3.05) is 31.7 Å². The van der Waals surface area contributed by atoms with E-state index in [2.05, 4.69) is 5.32 Å². The van der Waals surface area contributed by atoms with Gasteiger partial charge in [-0.05, 0) is 74.9 Å². The van der Waals surface area contributed by atoms with E-state index in [1.807, 2.05) is 19.9 Å². The molecule has 192 valence electrons. The molecule has 3 aromatic rings. The number of amides is 1. The molecule has 0 radical (unpaired) electrons. The average molecular weight is 513 g/mol. The van der Waals surface area contributed by atoms with Gasteiger partial charge < -0.3 is 19.5 Å². The van der Waals surface area contributed by atoms with Gasteiger partial charge in [0.2, 0.25) is 5.91 Å². The van der Waals surface area contributed by atoms with Crippen LogP contribution in [-0.4, -0.2) is 47.7 Å². The molecule has 0 aliphatic carbocycles. The maximum atomic E-state index is 13.7. The monoisotopic (exact) mass is 512 g/mol. The van der Waals surface area contributed by atoms with Gasteiger partial charge in [0.25, 0.3) is 10.0 Å². The Morgan fingerprint density at radius 3 is 2.11 bits per heavy atom. The van der Waals surface area contributed by atoms with Crippen molar-refractivity contribution < 1.29 is 27.4 Å². The highest BCUT2D eigenvalue weighted by molar-refractivity contribution is 7.92. The number of anilines is 1. The maximum absolute atomic E-state index is 13.7. The second-order valence-electron chi connectivity index (χ2n) is 8.46. The van der Waals surface area contributed by atoms with E-state index in [9.17, 15) is 13.2 Å². The average Bonchev–Trinajstić information content (AvgIpc) is 2.86. The quantitative estimate of drug-likeness (QED) is 0.416. The van der Waals surface area contributed by atoms with E-state index in [1.54, 1.807) is 62.6 Å². The molecule has 0 aromatic heterocycles. The van der Waals surface area contributed by atoms with Gasteiger partial charge in [-0.1, -0.05) is 23.8 Å². The molecule has 1 unspecified atom stereocenters. The summed E-state index contributed by atoms with van der Waals surface area (Å²) >= 11 is 0. The molecule has 0 heterocycles. The Balaban J connectivity index is 1.80. The number of nitrogens with zero attached hydrogens (tertiary/aromatic N) is 1. The summed E-state index contributed by atoms with van der Waals surface area (Å²) in [5.74, 6) is 1.22. The highest BCUT2D eigenvalue weighted by Gasteiger charge is 2.30. The first-order valence-electron chi connectivity index (χ1n) is 11.4. The molecule has 3 aromatic carbocycles. The number of methoxy groups -OCH3 is 2. The molecule has 8 nitrogen and oxygen atoms in total. The summed E-state index contributed by atoms with van der Waals surface area (Å²) in [7, 11) is -1.02. The summed E-state index contributed by atoms with van der Waals surface area (Å²) in [6.45, 7) is 5.28. The van der Waals surface area contributed by atoms with Gasteiger partial charge in [0.15, 0.2) is 0 Å². The number of benzene rings is 3. The largest absolute Gasteiger partial charge is 0.497 e. The van der Waals surface area contributed by atoms with Crippen LogP contribution in [0.3, 0.4) is 0 Å². The molecule has 1 amide bonds. The fraction of sp³-hybridized carbons (Fsp3) is 0.296. The number of rotatable bonds is 11. The zero-order valence-electron chi connectivity index (χ0n) is 21.1. The Morgan fingerprint density at radius 2 is 1.50 bits per heavy atom. The summed E-state index contributed by atoms with van der Waals surface area (Å²) in [4.78, 5) is 13.1. The molecular weight excluding hydrogens is 480 g/mol. The summed E-state index contributed by atoms with van der Waals surface area (Å²) in [5.41, 5.74) is 2.05. The minimum absolute atomic E-state index is 0.0837. The number of carbonyl (C=O) groups excluding carboxylic acids is 1. The minimum Gasteiger partial charge on any atom is -0.497 e. The van der Waals surface area contributed by atoms with Crippen LogP contribution in [0, 0.1) is 13.8 Å². The van der Waals surface area contributed by atoms with Crippen LogP contribution in [0.5, 0.6) is 17.2 Å². The molecule has 1 N–H and O–H groups in total. The molecule has 0 fully saturated rings. The van der Waals surface area contributed by atoms with Crippen LogP contribution in [0.2, 0.25) is 0 Å². The maximum Gasteiger partial charge on any atom is 0.264 e. The van der Waals surface area contributed by atoms with Crippen LogP contribution in [0.1, 0.15) is 18.1 Å². The second kappa shape index (κ2) is 11.8. The summed E-state index contributed by atoms with van der Waals surface area (Å²) < 4.78 is 44.7. The number of carbonyl (C=O) groups is 1. The SMILES string of the molecule is COc1ccc(OCC(C)NC(=O)CN(c2cc(C)ccc2OC)S(=O)(=O)c2ccc(C)cc2)cc1. The third-order valence-electron chi connectivity index (χ3n) is 5.47. The molecule has 1 atom stereocenters. The van der Waals surface area contributed by atoms with Gasteiger partial charge >= 0.3 is 0 Å². The van der Waals surface area contributed by atoms with E-state index in [0.717, 1.165) is 15.4 Å². The fourth-order valence-corrected chi connectivity index (χ4v) is 4.94.